The van der Waals surface area contributed by atoms with E-state index in [4.69, 9.17) is 27.9 Å². The largest absolute Gasteiger partial charge is 0.489 e. The number of alkyl halides is 1. The lowest BCUT2D eigenvalue weighted by Crippen LogP contribution is -1.98. The molecule has 0 aliphatic heterocycles. The molecule has 2 aromatic rings. The predicted molar refractivity (Wildman–Crippen MR) is 79.4 cm³/mol. The first-order valence-electron chi connectivity index (χ1n) is 5.50. The summed E-state index contributed by atoms with van der Waals surface area (Å²) in [6.45, 7) is 0.266. The Morgan fingerprint density at radius 3 is 2.63 bits per heavy atom. The summed E-state index contributed by atoms with van der Waals surface area (Å²) in [5, 5.41) is 0.608. The average Bonchev–Trinajstić information content (AvgIpc) is 2.36. The Morgan fingerprint density at radius 2 is 1.95 bits per heavy atom. The monoisotopic (exact) mass is 362 g/mol. The Bertz CT molecular complexity index is 569. The molecule has 0 saturated heterocycles. The maximum Gasteiger partial charge on any atom is 0.124 e. The van der Waals surface area contributed by atoms with Gasteiger partial charge >= 0.3 is 0 Å². The molecule has 0 unspecified atom stereocenters. The minimum Gasteiger partial charge on any atom is -0.489 e. The molecule has 0 fully saturated rings. The SMILES string of the molecule is Fc1cc(Br)cc(COc2ccc(Cl)cc2CCl)c1. The molecular formula is C14H10BrCl2FO. The van der Waals surface area contributed by atoms with Crippen molar-refractivity contribution in [3.05, 3.63) is 62.8 Å². The van der Waals surface area contributed by atoms with E-state index in [9.17, 15) is 4.39 Å². The van der Waals surface area contributed by atoms with E-state index >= 15 is 0 Å². The molecule has 0 bridgehead atoms. The van der Waals surface area contributed by atoms with E-state index in [-0.39, 0.29) is 12.4 Å². The summed E-state index contributed by atoms with van der Waals surface area (Å²) in [7, 11) is 0. The number of hydrogen-bond donors (Lipinski definition) is 0. The van der Waals surface area contributed by atoms with Crippen molar-refractivity contribution in [1.29, 1.82) is 0 Å². The molecule has 100 valence electrons. The van der Waals surface area contributed by atoms with Crippen LogP contribution in [0.1, 0.15) is 11.1 Å². The van der Waals surface area contributed by atoms with Crippen molar-refractivity contribution < 1.29 is 9.13 Å². The molecule has 19 heavy (non-hydrogen) atoms. The van der Waals surface area contributed by atoms with Gasteiger partial charge in [0.1, 0.15) is 18.2 Å². The minimum absolute atomic E-state index is 0.266. The molecule has 2 rings (SSSR count). The molecule has 0 atom stereocenters. The molecule has 0 aliphatic carbocycles. The van der Waals surface area contributed by atoms with E-state index in [2.05, 4.69) is 15.9 Å². The first-order valence-corrected chi connectivity index (χ1v) is 7.21. The van der Waals surface area contributed by atoms with Crippen LogP contribution >= 0.6 is 39.1 Å². The van der Waals surface area contributed by atoms with E-state index in [0.717, 1.165) is 11.1 Å². The van der Waals surface area contributed by atoms with Crippen molar-refractivity contribution in [2.45, 2.75) is 12.5 Å². The van der Waals surface area contributed by atoms with Gasteiger partial charge in [-0.3, -0.25) is 0 Å². The fourth-order valence-electron chi connectivity index (χ4n) is 1.65. The molecule has 1 nitrogen and oxygen atoms in total. The molecule has 2 aromatic carbocycles. The maximum atomic E-state index is 13.2. The average molecular weight is 364 g/mol. The van der Waals surface area contributed by atoms with E-state index in [1.807, 2.05) is 0 Å². The number of halogens is 4. The number of ether oxygens (including phenoxy) is 1. The Hall–Kier alpha value is -0.770. The normalized spacial score (nSPS) is 10.5. The van der Waals surface area contributed by atoms with Gasteiger partial charge in [-0.05, 0) is 42.0 Å². The molecule has 5 heteroatoms. The fraction of sp³-hybridized carbons (Fsp3) is 0.143. The van der Waals surface area contributed by atoms with Crippen LogP contribution in [0.5, 0.6) is 5.75 Å². The van der Waals surface area contributed by atoms with Crippen molar-refractivity contribution in [1.82, 2.24) is 0 Å². The summed E-state index contributed by atoms with van der Waals surface area (Å²) in [6, 6.07) is 9.88. The molecule has 0 aliphatic rings. The van der Waals surface area contributed by atoms with E-state index in [0.29, 0.717) is 21.1 Å². The molecular weight excluding hydrogens is 354 g/mol. The maximum absolute atomic E-state index is 13.2. The van der Waals surface area contributed by atoms with Gasteiger partial charge < -0.3 is 4.74 Å². The van der Waals surface area contributed by atoms with Gasteiger partial charge in [0.25, 0.3) is 0 Å². The Morgan fingerprint density at radius 1 is 1.16 bits per heavy atom. The first-order chi connectivity index (χ1) is 9.08. The highest BCUT2D eigenvalue weighted by Gasteiger charge is 2.05. The van der Waals surface area contributed by atoms with Crippen LogP contribution < -0.4 is 4.74 Å². The summed E-state index contributed by atoms with van der Waals surface area (Å²) >= 11 is 15.0. The molecule has 0 heterocycles. The van der Waals surface area contributed by atoms with Crippen LogP contribution in [0.4, 0.5) is 4.39 Å². The smallest absolute Gasteiger partial charge is 0.124 e. The number of rotatable bonds is 4. The van der Waals surface area contributed by atoms with Crippen molar-refractivity contribution in [3.63, 3.8) is 0 Å². The van der Waals surface area contributed by atoms with Gasteiger partial charge in [-0.2, -0.15) is 0 Å². The summed E-state index contributed by atoms with van der Waals surface area (Å²) in [5.74, 6) is 0.657. The zero-order valence-corrected chi connectivity index (χ0v) is 12.9. The third-order valence-electron chi connectivity index (χ3n) is 2.48. The minimum atomic E-state index is -0.304. The lowest BCUT2D eigenvalue weighted by Gasteiger charge is -2.10. The third-order valence-corrected chi connectivity index (χ3v) is 3.46. The van der Waals surface area contributed by atoms with Gasteiger partial charge in [-0.1, -0.05) is 27.5 Å². The van der Waals surface area contributed by atoms with Gasteiger partial charge in [0, 0.05) is 15.1 Å². The van der Waals surface area contributed by atoms with Gasteiger partial charge in [-0.15, -0.1) is 11.6 Å². The molecule has 0 spiro atoms. The van der Waals surface area contributed by atoms with Gasteiger partial charge in [0.2, 0.25) is 0 Å². The molecule has 0 saturated carbocycles. The van der Waals surface area contributed by atoms with Crippen LogP contribution in [0.25, 0.3) is 0 Å². The van der Waals surface area contributed by atoms with Gasteiger partial charge in [-0.25, -0.2) is 4.39 Å². The zero-order chi connectivity index (χ0) is 13.8. The lowest BCUT2D eigenvalue weighted by molar-refractivity contribution is 0.303. The summed E-state index contributed by atoms with van der Waals surface area (Å²) < 4.78 is 19.6. The van der Waals surface area contributed by atoms with Crippen LogP contribution in [-0.2, 0) is 12.5 Å². The Balaban J connectivity index is 2.14. The highest BCUT2D eigenvalue weighted by atomic mass is 79.9. The Kier molecular flexibility index (Phi) is 5.08. The predicted octanol–water partition coefficient (Wildman–Crippen LogP) is 5.56. The standard InChI is InChI=1S/C14H10BrCl2FO/c15-11-3-9(4-13(18)6-11)8-19-14-2-1-12(17)5-10(14)7-16/h1-6H,7-8H2. The first kappa shape index (κ1) is 14.6. The van der Waals surface area contributed by atoms with Crippen LogP contribution in [0.2, 0.25) is 5.02 Å². The Labute approximate surface area is 129 Å². The molecule has 0 radical (unpaired) electrons. The quantitative estimate of drug-likeness (QED) is 0.646. The van der Waals surface area contributed by atoms with E-state index < -0.39 is 0 Å². The van der Waals surface area contributed by atoms with Crippen molar-refractivity contribution in [2.24, 2.45) is 0 Å². The van der Waals surface area contributed by atoms with Crippen LogP contribution in [-0.4, -0.2) is 0 Å². The second-order valence-corrected chi connectivity index (χ2v) is 5.57. The van der Waals surface area contributed by atoms with Crippen molar-refractivity contribution >= 4 is 39.1 Å². The molecule has 0 amide bonds. The van der Waals surface area contributed by atoms with Crippen molar-refractivity contribution in [3.8, 4) is 5.75 Å². The molecule has 0 aromatic heterocycles. The zero-order valence-electron chi connectivity index (χ0n) is 9.80. The lowest BCUT2D eigenvalue weighted by atomic mass is 10.2. The van der Waals surface area contributed by atoms with Crippen LogP contribution in [0.3, 0.4) is 0 Å². The number of benzene rings is 2. The number of hydrogen-bond acceptors (Lipinski definition) is 1. The highest BCUT2D eigenvalue weighted by Crippen LogP contribution is 2.25. The summed E-state index contributed by atoms with van der Waals surface area (Å²) in [4.78, 5) is 0. The van der Waals surface area contributed by atoms with E-state index in [1.54, 1.807) is 24.3 Å². The fourth-order valence-corrected chi connectivity index (χ4v) is 2.56. The molecule has 0 N–H and O–H groups in total. The van der Waals surface area contributed by atoms with Crippen molar-refractivity contribution in [2.75, 3.05) is 0 Å². The van der Waals surface area contributed by atoms with E-state index in [1.165, 1.54) is 12.1 Å². The van der Waals surface area contributed by atoms with Crippen LogP contribution in [0, 0.1) is 5.82 Å². The second kappa shape index (κ2) is 6.60. The van der Waals surface area contributed by atoms with Crippen LogP contribution in [0.15, 0.2) is 40.9 Å². The summed E-state index contributed by atoms with van der Waals surface area (Å²) in [6.07, 6.45) is 0. The van der Waals surface area contributed by atoms with Gasteiger partial charge in [0.05, 0.1) is 5.88 Å². The van der Waals surface area contributed by atoms with Gasteiger partial charge in [0.15, 0.2) is 0 Å². The third kappa shape index (κ3) is 4.10. The second-order valence-electron chi connectivity index (χ2n) is 3.95. The summed E-state index contributed by atoms with van der Waals surface area (Å²) in [5.41, 5.74) is 1.55. The topological polar surface area (TPSA) is 9.23 Å². The highest BCUT2D eigenvalue weighted by molar-refractivity contribution is 9.10.